The van der Waals surface area contributed by atoms with Crippen LogP contribution in [0.15, 0.2) is 17.0 Å². The number of nitrogens with zero attached hydrogens (tertiary/aromatic N) is 3. The maximum atomic E-state index is 12.5. The van der Waals surface area contributed by atoms with Gasteiger partial charge in [-0.05, 0) is 13.3 Å². The van der Waals surface area contributed by atoms with Crippen molar-refractivity contribution in [3.05, 3.63) is 12.7 Å². The van der Waals surface area contributed by atoms with Crippen LogP contribution in [0, 0.1) is 0 Å². The molecule has 6 nitrogen and oxygen atoms in total. The van der Waals surface area contributed by atoms with Gasteiger partial charge in [-0.25, -0.2) is 0 Å². The Hall–Kier alpha value is -1.06. The van der Waals surface area contributed by atoms with Gasteiger partial charge in [0.25, 0.3) is 0 Å². The molecule has 2 aliphatic heterocycles. The number of carbonyl (C=O) groups is 2. The largest absolute Gasteiger partial charge is 0.315 e. The number of hydrogen-bond acceptors (Lipinski definition) is 7. The maximum Gasteiger partial charge on any atom is 0.249 e. The molecule has 0 aromatic carbocycles. The molecule has 0 bridgehead atoms. The average molecular weight is 356 g/mol. The molecular weight excluding hydrogens is 340 g/mol. The third-order valence-electron chi connectivity index (χ3n) is 3.71. The van der Waals surface area contributed by atoms with Crippen molar-refractivity contribution in [3.8, 4) is 0 Å². The number of carbonyl (C=O) groups excluding carboxylic acids is 2. The van der Waals surface area contributed by atoms with Crippen molar-refractivity contribution in [3.63, 3.8) is 0 Å². The van der Waals surface area contributed by atoms with Crippen LogP contribution < -0.4 is 5.32 Å². The molecule has 0 radical (unpaired) electrons. The van der Waals surface area contributed by atoms with E-state index in [-0.39, 0.29) is 16.7 Å². The maximum absolute atomic E-state index is 12.5. The highest BCUT2D eigenvalue weighted by molar-refractivity contribution is 8.01. The Labute approximate surface area is 141 Å². The average Bonchev–Trinajstić information content (AvgIpc) is 3.14. The summed E-state index contributed by atoms with van der Waals surface area (Å²) in [5.41, 5.74) is 0. The lowest BCUT2D eigenvalue weighted by atomic mass is 10.2. The lowest BCUT2D eigenvalue weighted by Crippen LogP contribution is -2.48. The molecule has 0 unspecified atom stereocenters. The van der Waals surface area contributed by atoms with Gasteiger partial charge in [0.05, 0.1) is 4.87 Å². The van der Waals surface area contributed by atoms with Gasteiger partial charge in [-0.3, -0.25) is 14.9 Å². The normalized spacial score (nSPS) is 27.0. The summed E-state index contributed by atoms with van der Waals surface area (Å²) in [7, 11) is 0. The third-order valence-corrected chi connectivity index (χ3v) is 7.18. The van der Waals surface area contributed by atoms with Crippen LogP contribution in [-0.2, 0) is 9.59 Å². The van der Waals surface area contributed by atoms with Gasteiger partial charge >= 0.3 is 0 Å². The molecule has 0 spiro atoms. The minimum absolute atomic E-state index is 0.0622. The lowest BCUT2D eigenvalue weighted by Gasteiger charge is -2.29. The molecule has 3 heterocycles. The molecule has 2 amide bonds. The summed E-state index contributed by atoms with van der Waals surface area (Å²) >= 11 is 4.54. The Morgan fingerprint density at radius 3 is 3.23 bits per heavy atom. The van der Waals surface area contributed by atoms with Crippen LogP contribution in [0.2, 0.25) is 0 Å². The summed E-state index contributed by atoms with van der Waals surface area (Å²) in [5.74, 6) is 1.27. The summed E-state index contributed by atoms with van der Waals surface area (Å²) in [6, 6.07) is -0.418. The highest BCUT2D eigenvalue weighted by Gasteiger charge is 2.52. The van der Waals surface area contributed by atoms with Crippen LogP contribution in [-0.4, -0.2) is 49.3 Å². The first kappa shape index (κ1) is 15.8. The Morgan fingerprint density at radius 2 is 2.45 bits per heavy atom. The van der Waals surface area contributed by atoms with Crippen LogP contribution in [0.4, 0.5) is 5.13 Å². The number of amides is 2. The number of anilines is 1. The molecule has 2 aliphatic rings. The minimum atomic E-state index is -0.418. The van der Waals surface area contributed by atoms with Gasteiger partial charge < -0.3 is 4.90 Å². The molecule has 9 heteroatoms. The second kappa shape index (κ2) is 6.21. The second-order valence-electron chi connectivity index (χ2n) is 5.23. The van der Waals surface area contributed by atoms with Gasteiger partial charge in [0.15, 0.2) is 4.34 Å². The summed E-state index contributed by atoms with van der Waals surface area (Å²) in [5, 5.41) is 11.2. The molecular formula is C13H16N4O2S3. The van der Waals surface area contributed by atoms with E-state index in [0.29, 0.717) is 17.3 Å². The first-order chi connectivity index (χ1) is 10.5. The fraction of sp³-hybridized carbons (Fsp3) is 0.538. The Bertz CT molecular complexity index is 620. The third kappa shape index (κ3) is 2.89. The first-order valence-electron chi connectivity index (χ1n) is 6.88. The number of thioether (sulfide) groups is 2. The van der Waals surface area contributed by atoms with Gasteiger partial charge in [-0.15, -0.1) is 28.5 Å². The van der Waals surface area contributed by atoms with E-state index in [9.17, 15) is 9.59 Å². The van der Waals surface area contributed by atoms with Crippen LogP contribution in [0.25, 0.3) is 0 Å². The molecule has 0 saturated carbocycles. The van der Waals surface area contributed by atoms with E-state index in [4.69, 9.17) is 0 Å². The quantitative estimate of drug-likeness (QED) is 0.495. The van der Waals surface area contributed by atoms with Crippen LogP contribution in [0.5, 0.6) is 0 Å². The van der Waals surface area contributed by atoms with Crippen molar-refractivity contribution >= 4 is 51.8 Å². The van der Waals surface area contributed by atoms with E-state index in [1.54, 1.807) is 22.7 Å². The molecule has 1 aromatic rings. The van der Waals surface area contributed by atoms with Gasteiger partial charge in [0.1, 0.15) is 6.04 Å². The van der Waals surface area contributed by atoms with Crippen LogP contribution in [0.3, 0.4) is 0 Å². The van der Waals surface area contributed by atoms with Gasteiger partial charge in [0.2, 0.25) is 16.9 Å². The van der Waals surface area contributed by atoms with Crippen molar-refractivity contribution in [1.82, 2.24) is 15.1 Å². The molecule has 2 atom stereocenters. The van der Waals surface area contributed by atoms with E-state index in [0.717, 1.165) is 16.5 Å². The number of hydrogen-bond donors (Lipinski definition) is 1. The zero-order valence-electron chi connectivity index (χ0n) is 12.1. The van der Waals surface area contributed by atoms with E-state index < -0.39 is 6.04 Å². The van der Waals surface area contributed by atoms with E-state index in [2.05, 4.69) is 22.1 Å². The molecule has 22 heavy (non-hydrogen) atoms. The smallest absolute Gasteiger partial charge is 0.249 e. The van der Waals surface area contributed by atoms with Crippen LogP contribution >= 0.6 is 34.9 Å². The summed E-state index contributed by atoms with van der Waals surface area (Å²) < 4.78 is 0.790. The molecule has 2 saturated heterocycles. The van der Waals surface area contributed by atoms with Crippen molar-refractivity contribution in [2.75, 3.05) is 16.8 Å². The standard InChI is InChI=1S/C13H16N4O2S3/c1-3-6-20-12-16-15-11(22-12)14-10(19)8-7-21-13(2)5-4-9(18)17(8)13/h3,8H,1,4-7H2,2H3,(H,14,15,19)/t8-,13-/m0/s1. The molecule has 3 rings (SSSR count). The van der Waals surface area contributed by atoms with Crippen molar-refractivity contribution < 1.29 is 9.59 Å². The monoisotopic (exact) mass is 356 g/mol. The summed E-state index contributed by atoms with van der Waals surface area (Å²) in [6.45, 7) is 5.69. The van der Waals surface area contributed by atoms with E-state index in [1.165, 1.54) is 23.1 Å². The predicted octanol–water partition coefficient (Wildman–Crippen LogP) is 2.21. The van der Waals surface area contributed by atoms with Crippen molar-refractivity contribution in [2.24, 2.45) is 0 Å². The fourth-order valence-electron chi connectivity index (χ4n) is 2.65. The molecule has 1 N–H and O–H groups in total. The summed E-state index contributed by atoms with van der Waals surface area (Å²) in [4.78, 5) is 26.0. The Kier molecular flexibility index (Phi) is 4.47. The predicted molar refractivity (Wildman–Crippen MR) is 90.2 cm³/mol. The SMILES string of the molecule is C=CCSc1nnc(NC(=O)[C@@H]2CS[C@@]3(C)CCC(=O)N23)s1. The van der Waals surface area contributed by atoms with Gasteiger partial charge in [0, 0.05) is 17.9 Å². The van der Waals surface area contributed by atoms with Crippen LogP contribution in [0.1, 0.15) is 19.8 Å². The van der Waals surface area contributed by atoms with Crippen molar-refractivity contribution in [1.29, 1.82) is 0 Å². The highest BCUT2D eigenvalue weighted by atomic mass is 32.2. The molecule has 0 aliphatic carbocycles. The van der Waals surface area contributed by atoms with E-state index >= 15 is 0 Å². The van der Waals surface area contributed by atoms with E-state index in [1.807, 2.05) is 6.92 Å². The molecule has 118 valence electrons. The fourth-order valence-corrected chi connectivity index (χ4v) is 5.60. The number of fused-ring (bicyclic) bond motifs is 1. The summed E-state index contributed by atoms with van der Waals surface area (Å²) in [6.07, 6.45) is 3.12. The topological polar surface area (TPSA) is 75.2 Å². The minimum Gasteiger partial charge on any atom is -0.315 e. The number of nitrogens with one attached hydrogen (secondary N) is 1. The van der Waals surface area contributed by atoms with Gasteiger partial charge in [-0.1, -0.05) is 29.2 Å². The van der Waals surface area contributed by atoms with Gasteiger partial charge in [-0.2, -0.15) is 0 Å². The molecule has 2 fully saturated rings. The number of rotatable bonds is 5. The van der Waals surface area contributed by atoms with Crippen molar-refractivity contribution in [2.45, 2.75) is 35.0 Å². The highest BCUT2D eigenvalue weighted by Crippen LogP contribution is 2.47. The number of aromatic nitrogens is 2. The first-order valence-corrected chi connectivity index (χ1v) is 9.66. The zero-order valence-corrected chi connectivity index (χ0v) is 14.5. The second-order valence-corrected chi connectivity index (χ2v) is 8.97. The zero-order chi connectivity index (χ0) is 15.7. The Balaban J connectivity index is 1.66. The lowest BCUT2D eigenvalue weighted by molar-refractivity contribution is -0.135. The Morgan fingerprint density at radius 1 is 1.64 bits per heavy atom. The molecule has 1 aromatic heterocycles.